The molecule has 2 nitrogen and oxygen atoms in total. The van der Waals surface area contributed by atoms with E-state index in [0.29, 0.717) is 12.3 Å². The zero-order valence-corrected chi connectivity index (χ0v) is 14.2. The molecule has 1 aliphatic rings. The summed E-state index contributed by atoms with van der Waals surface area (Å²) in [5.74, 6) is 0.789. The quantitative estimate of drug-likeness (QED) is 0.710. The molecule has 0 spiro atoms. The molecule has 0 bridgehead atoms. The van der Waals surface area contributed by atoms with Crippen molar-refractivity contribution in [2.75, 3.05) is 0 Å². The van der Waals surface area contributed by atoms with Crippen LogP contribution in [0.4, 0.5) is 0 Å². The van der Waals surface area contributed by atoms with Crippen LogP contribution in [0.5, 0.6) is 0 Å². The molecule has 2 aromatic carbocycles. The Morgan fingerprint density at radius 1 is 0.875 bits per heavy atom. The molecule has 0 heterocycles. The third kappa shape index (κ3) is 3.64. The topological polar surface area (TPSA) is 34.1 Å². The predicted octanol–water partition coefficient (Wildman–Crippen LogP) is 5.19. The molecule has 3 atom stereocenters. The van der Waals surface area contributed by atoms with Crippen LogP contribution in [-0.4, -0.2) is 11.6 Å². The number of hydrogen-bond donors (Lipinski definition) is 0. The second kappa shape index (κ2) is 7.57. The first-order valence-corrected chi connectivity index (χ1v) is 8.84. The number of ketones is 2. The monoisotopic (exact) mass is 320 g/mol. The summed E-state index contributed by atoms with van der Waals surface area (Å²) in [6.07, 6.45) is 3.61. The molecule has 0 aromatic heterocycles. The lowest BCUT2D eigenvalue weighted by atomic mass is 9.68. The fourth-order valence-corrected chi connectivity index (χ4v) is 4.00. The van der Waals surface area contributed by atoms with E-state index in [2.05, 4.69) is 6.92 Å². The first kappa shape index (κ1) is 16.6. The lowest BCUT2D eigenvalue weighted by Gasteiger charge is -2.35. The van der Waals surface area contributed by atoms with Gasteiger partial charge >= 0.3 is 0 Å². The number of benzene rings is 2. The molecule has 0 aliphatic heterocycles. The summed E-state index contributed by atoms with van der Waals surface area (Å²) in [5, 5.41) is 0. The van der Waals surface area contributed by atoms with Crippen molar-refractivity contribution in [1.29, 1.82) is 0 Å². The van der Waals surface area contributed by atoms with Gasteiger partial charge in [0, 0.05) is 23.5 Å². The van der Waals surface area contributed by atoms with Crippen molar-refractivity contribution in [3.05, 3.63) is 71.8 Å². The number of carbonyl (C=O) groups is 2. The van der Waals surface area contributed by atoms with E-state index in [9.17, 15) is 9.59 Å². The normalized spacial score (nSPS) is 23.6. The minimum Gasteiger partial charge on any atom is -0.294 e. The van der Waals surface area contributed by atoms with E-state index in [4.69, 9.17) is 0 Å². The van der Waals surface area contributed by atoms with Gasteiger partial charge in [-0.3, -0.25) is 9.59 Å². The van der Waals surface area contributed by atoms with Crippen molar-refractivity contribution >= 4 is 11.6 Å². The van der Waals surface area contributed by atoms with E-state index in [1.165, 1.54) is 0 Å². The maximum absolute atomic E-state index is 13.0. The van der Waals surface area contributed by atoms with Crippen LogP contribution in [0, 0.1) is 17.8 Å². The van der Waals surface area contributed by atoms with E-state index in [0.717, 1.165) is 30.4 Å². The summed E-state index contributed by atoms with van der Waals surface area (Å²) in [6.45, 7) is 2.16. The minimum atomic E-state index is -0.0474. The van der Waals surface area contributed by atoms with Crippen LogP contribution in [0.15, 0.2) is 60.7 Å². The molecule has 3 rings (SSSR count). The zero-order chi connectivity index (χ0) is 16.9. The minimum absolute atomic E-state index is 0.0474. The smallest absolute Gasteiger partial charge is 0.166 e. The molecule has 24 heavy (non-hydrogen) atoms. The fourth-order valence-electron chi connectivity index (χ4n) is 4.00. The van der Waals surface area contributed by atoms with Gasteiger partial charge in [-0.15, -0.1) is 0 Å². The third-order valence-corrected chi connectivity index (χ3v) is 5.26. The third-order valence-electron chi connectivity index (χ3n) is 5.26. The number of hydrogen-bond acceptors (Lipinski definition) is 2. The maximum atomic E-state index is 13.0. The van der Waals surface area contributed by atoms with E-state index < -0.39 is 0 Å². The zero-order valence-electron chi connectivity index (χ0n) is 14.2. The van der Waals surface area contributed by atoms with E-state index >= 15 is 0 Å². The van der Waals surface area contributed by atoms with E-state index in [-0.39, 0.29) is 23.4 Å². The molecule has 0 unspecified atom stereocenters. The summed E-state index contributed by atoms with van der Waals surface area (Å²) in [4.78, 5) is 25.6. The first-order valence-electron chi connectivity index (χ1n) is 8.84. The number of Topliss-reactive ketones (excluding diaryl/α,β-unsaturated/α-hetero) is 2. The molecular formula is C22H24O2. The molecule has 0 amide bonds. The fraction of sp³-hybridized carbons (Fsp3) is 0.364. The molecule has 2 aromatic rings. The summed E-state index contributed by atoms with van der Waals surface area (Å²) >= 11 is 0. The van der Waals surface area contributed by atoms with Gasteiger partial charge in [0.1, 0.15) is 0 Å². The van der Waals surface area contributed by atoms with Crippen LogP contribution in [0.3, 0.4) is 0 Å². The van der Waals surface area contributed by atoms with Crippen molar-refractivity contribution in [2.24, 2.45) is 17.8 Å². The van der Waals surface area contributed by atoms with Gasteiger partial charge in [0.15, 0.2) is 11.6 Å². The molecule has 0 radical (unpaired) electrons. The molecule has 1 saturated carbocycles. The van der Waals surface area contributed by atoms with Crippen molar-refractivity contribution < 1.29 is 9.59 Å². The lowest BCUT2D eigenvalue weighted by molar-refractivity contribution is 0.0697. The molecule has 124 valence electrons. The van der Waals surface area contributed by atoms with Gasteiger partial charge in [0.2, 0.25) is 0 Å². The molecule has 1 fully saturated rings. The van der Waals surface area contributed by atoms with Crippen LogP contribution in [0.2, 0.25) is 0 Å². The highest BCUT2D eigenvalue weighted by Crippen LogP contribution is 2.39. The van der Waals surface area contributed by atoms with Crippen molar-refractivity contribution in [3.63, 3.8) is 0 Å². The van der Waals surface area contributed by atoms with E-state index in [1.54, 1.807) is 0 Å². The highest BCUT2D eigenvalue weighted by Gasteiger charge is 2.37. The molecule has 2 heteroatoms. The Kier molecular flexibility index (Phi) is 5.24. The van der Waals surface area contributed by atoms with Crippen molar-refractivity contribution in [1.82, 2.24) is 0 Å². The largest absolute Gasteiger partial charge is 0.294 e. The van der Waals surface area contributed by atoms with Crippen LogP contribution in [-0.2, 0) is 0 Å². The Bertz CT molecular complexity index is 690. The van der Waals surface area contributed by atoms with E-state index in [1.807, 2.05) is 60.7 Å². The predicted molar refractivity (Wildman–Crippen MR) is 96.2 cm³/mol. The van der Waals surface area contributed by atoms with Gasteiger partial charge in [0.05, 0.1) is 0 Å². The van der Waals surface area contributed by atoms with Crippen LogP contribution in [0.25, 0.3) is 0 Å². The second-order valence-electron chi connectivity index (χ2n) is 6.92. The Labute approximate surface area is 143 Å². The van der Waals surface area contributed by atoms with Gasteiger partial charge in [0.25, 0.3) is 0 Å². The molecule has 0 saturated heterocycles. The van der Waals surface area contributed by atoms with Gasteiger partial charge < -0.3 is 0 Å². The summed E-state index contributed by atoms with van der Waals surface area (Å²) < 4.78 is 0. The van der Waals surface area contributed by atoms with Crippen molar-refractivity contribution in [3.8, 4) is 0 Å². The highest BCUT2D eigenvalue weighted by atomic mass is 16.1. The van der Waals surface area contributed by atoms with Crippen LogP contribution in [0.1, 0.15) is 53.3 Å². The number of rotatable bonds is 5. The standard InChI is InChI=1S/C22H24O2/c1-16-9-8-14-19(15-20(23)17-10-4-2-5-11-17)21(16)22(24)18-12-6-3-7-13-18/h2-7,10-13,16,19,21H,8-9,14-15H2,1H3/t16-,19-,21+/m1/s1. The summed E-state index contributed by atoms with van der Waals surface area (Å²) in [6, 6.07) is 19.0. The molecule has 1 aliphatic carbocycles. The highest BCUT2D eigenvalue weighted by molar-refractivity contribution is 6.00. The Hall–Kier alpha value is -2.22. The average molecular weight is 320 g/mol. The molecular weight excluding hydrogens is 296 g/mol. The number of carbonyl (C=O) groups excluding carboxylic acids is 2. The summed E-state index contributed by atoms with van der Waals surface area (Å²) in [7, 11) is 0. The second-order valence-corrected chi connectivity index (χ2v) is 6.92. The van der Waals surface area contributed by atoms with Gasteiger partial charge in [-0.2, -0.15) is 0 Å². The van der Waals surface area contributed by atoms with Crippen LogP contribution < -0.4 is 0 Å². The Morgan fingerprint density at radius 2 is 1.46 bits per heavy atom. The Morgan fingerprint density at radius 3 is 2.08 bits per heavy atom. The van der Waals surface area contributed by atoms with Gasteiger partial charge in [-0.25, -0.2) is 0 Å². The van der Waals surface area contributed by atoms with Crippen LogP contribution >= 0.6 is 0 Å². The van der Waals surface area contributed by atoms with Gasteiger partial charge in [-0.05, 0) is 24.7 Å². The van der Waals surface area contributed by atoms with Crippen molar-refractivity contribution in [2.45, 2.75) is 32.6 Å². The van der Waals surface area contributed by atoms with Gasteiger partial charge in [-0.1, -0.05) is 74.0 Å². The maximum Gasteiger partial charge on any atom is 0.166 e. The summed E-state index contributed by atoms with van der Waals surface area (Å²) in [5.41, 5.74) is 1.52. The lowest BCUT2D eigenvalue weighted by Crippen LogP contribution is -2.34. The molecule has 0 N–H and O–H groups in total. The average Bonchev–Trinajstić information content (AvgIpc) is 2.63. The first-order chi connectivity index (χ1) is 11.7. The Balaban J connectivity index is 1.80. The SMILES string of the molecule is C[C@@H]1CCC[C@H](CC(=O)c2ccccc2)[C@H]1C(=O)c1ccccc1.